The summed E-state index contributed by atoms with van der Waals surface area (Å²) in [6.45, 7) is 2.04. The van der Waals surface area contributed by atoms with Crippen LogP contribution in [0.5, 0.6) is 17.2 Å². The van der Waals surface area contributed by atoms with Crippen LogP contribution in [0.1, 0.15) is 41.8 Å². The molecule has 1 aliphatic carbocycles. The van der Waals surface area contributed by atoms with Crippen molar-refractivity contribution in [3.8, 4) is 22.2 Å². The Labute approximate surface area is 192 Å². The number of hydrogen-bond acceptors (Lipinski definition) is 5. The van der Waals surface area contributed by atoms with Gasteiger partial charge in [0.15, 0.2) is 11.5 Å². The predicted molar refractivity (Wildman–Crippen MR) is 127 cm³/mol. The Hall–Kier alpha value is -3.13. The molecule has 0 saturated carbocycles. The van der Waals surface area contributed by atoms with Crippen LogP contribution in [0.15, 0.2) is 36.7 Å². The van der Waals surface area contributed by atoms with Crippen LogP contribution in [0.4, 0.5) is 10.5 Å². The van der Waals surface area contributed by atoms with E-state index in [0.717, 1.165) is 12.8 Å². The number of benzene rings is 1. The number of rotatable bonds is 7. The van der Waals surface area contributed by atoms with E-state index in [9.17, 15) is 4.79 Å². The fourth-order valence-electron chi connectivity index (χ4n) is 4.27. The number of ether oxygens (including phenoxy) is 3. The zero-order valence-corrected chi connectivity index (χ0v) is 19.7. The van der Waals surface area contributed by atoms with Crippen molar-refractivity contribution in [2.24, 2.45) is 0 Å². The lowest BCUT2D eigenvalue weighted by atomic mass is 9.93. The number of nitrogens with one attached hydrogen (secondary N) is 2. The Morgan fingerprint density at radius 1 is 1.03 bits per heavy atom. The van der Waals surface area contributed by atoms with E-state index in [1.807, 2.05) is 30.4 Å². The van der Waals surface area contributed by atoms with Crippen molar-refractivity contribution < 1.29 is 19.0 Å². The Kier molecular flexibility index (Phi) is 6.60. The van der Waals surface area contributed by atoms with Crippen molar-refractivity contribution in [1.82, 2.24) is 9.88 Å². The monoisotopic (exact) mass is 455 g/mol. The van der Waals surface area contributed by atoms with Crippen molar-refractivity contribution in [2.75, 3.05) is 26.6 Å². The molecule has 32 heavy (non-hydrogen) atoms. The van der Waals surface area contributed by atoms with Gasteiger partial charge in [-0.15, -0.1) is 11.3 Å². The fourth-order valence-corrected chi connectivity index (χ4v) is 5.73. The van der Waals surface area contributed by atoms with Gasteiger partial charge in [-0.1, -0.05) is 0 Å². The highest BCUT2D eigenvalue weighted by Crippen LogP contribution is 2.41. The van der Waals surface area contributed by atoms with Crippen molar-refractivity contribution in [1.29, 1.82) is 0 Å². The maximum absolute atomic E-state index is 12.9. The quantitative estimate of drug-likeness (QED) is 0.505. The number of nitrogens with zero attached hydrogens (tertiary/aromatic N) is 1. The lowest BCUT2D eigenvalue weighted by Crippen LogP contribution is -2.32. The molecule has 8 heteroatoms. The third-order valence-electron chi connectivity index (χ3n) is 5.73. The maximum atomic E-state index is 12.9. The highest BCUT2D eigenvalue weighted by atomic mass is 32.1. The van der Waals surface area contributed by atoms with E-state index < -0.39 is 0 Å². The van der Waals surface area contributed by atoms with Crippen LogP contribution in [-0.4, -0.2) is 31.9 Å². The Morgan fingerprint density at radius 2 is 1.69 bits per heavy atom. The molecule has 7 nitrogen and oxygen atoms in total. The van der Waals surface area contributed by atoms with Crippen LogP contribution in [-0.2, 0) is 12.8 Å². The molecule has 0 bridgehead atoms. The number of urea groups is 1. The molecule has 1 atom stereocenters. The van der Waals surface area contributed by atoms with Crippen LogP contribution in [0.25, 0.3) is 5.00 Å². The van der Waals surface area contributed by atoms with E-state index in [1.165, 1.54) is 33.8 Å². The number of aryl methyl sites for hydroxylation is 1. The van der Waals surface area contributed by atoms with Crippen LogP contribution in [0.2, 0.25) is 0 Å². The van der Waals surface area contributed by atoms with Crippen LogP contribution in [0, 0.1) is 0 Å². The normalized spacial score (nSPS) is 13.8. The number of methoxy groups -OCH3 is 3. The molecule has 4 rings (SSSR count). The molecule has 2 amide bonds. The molecule has 0 aliphatic heterocycles. The van der Waals surface area contributed by atoms with E-state index in [2.05, 4.69) is 27.6 Å². The van der Waals surface area contributed by atoms with E-state index >= 15 is 0 Å². The van der Waals surface area contributed by atoms with Gasteiger partial charge in [-0.05, 0) is 50.3 Å². The predicted octanol–water partition coefficient (Wildman–Crippen LogP) is 5.33. The zero-order valence-electron chi connectivity index (χ0n) is 18.9. The Bertz CT molecular complexity index is 1070. The second kappa shape index (κ2) is 9.56. The van der Waals surface area contributed by atoms with Crippen LogP contribution < -0.4 is 24.8 Å². The summed E-state index contributed by atoms with van der Waals surface area (Å²) < 4.78 is 18.3. The first kappa shape index (κ1) is 22.1. The first-order valence-corrected chi connectivity index (χ1v) is 11.5. The van der Waals surface area contributed by atoms with Crippen molar-refractivity contribution >= 4 is 23.1 Å². The third kappa shape index (κ3) is 4.27. The molecule has 2 aromatic heterocycles. The van der Waals surface area contributed by atoms with E-state index in [0.29, 0.717) is 22.9 Å². The molecule has 0 spiro atoms. The van der Waals surface area contributed by atoms with Gasteiger partial charge in [0.2, 0.25) is 5.75 Å². The number of aromatic nitrogens is 1. The second-order valence-corrected chi connectivity index (χ2v) is 8.84. The molecule has 1 aliphatic rings. The number of thiophene rings is 1. The van der Waals surface area contributed by atoms with Gasteiger partial charge in [0.05, 0.1) is 33.1 Å². The van der Waals surface area contributed by atoms with Crippen molar-refractivity contribution in [3.05, 3.63) is 52.7 Å². The van der Waals surface area contributed by atoms with Gasteiger partial charge in [0, 0.05) is 35.0 Å². The van der Waals surface area contributed by atoms with Gasteiger partial charge in [-0.2, -0.15) is 0 Å². The number of fused-ring (bicyclic) bond motifs is 1. The highest BCUT2D eigenvalue weighted by Gasteiger charge is 2.26. The number of hydrogen-bond donors (Lipinski definition) is 2. The lowest BCUT2D eigenvalue weighted by Gasteiger charge is -2.20. The molecule has 3 aromatic rings. The molecule has 170 valence electrons. The topological polar surface area (TPSA) is 73.8 Å². The summed E-state index contributed by atoms with van der Waals surface area (Å²) in [5.41, 5.74) is 3.16. The van der Waals surface area contributed by atoms with Gasteiger partial charge in [0.1, 0.15) is 5.00 Å². The maximum Gasteiger partial charge on any atom is 0.319 e. The van der Waals surface area contributed by atoms with Gasteiger partial charge in [-0.3, -0.25) is 0 Å². The Morgan fingerprint density at radius 3 is 2.31 bits per heavy atom. The summed E-state index contributed by atoms with van der Waals surface area (Å²) in [5.74, 6) is 1.45. The highest BCUT2D eigenvalue weighted by molar-refractivity contribution is 7.15. The molecular formula is C24H29N3O4S. The average Bonchev–Trinajstić information content (AvgIpc) is 3.45. The summed E-state index contributed by atoms with van der Waals surface area (Å²) in [6.07, 6.45) is 8.70. The van der Waals surface area contributed by atoms with Gasteiger partial charge in [-0.25, -0.2) is 4.79 Å². The van der Waals surface area contributed by atoms with Crippen molar-refractivity contribution in [3.63, 3.8) is 0 Å². The molecule has 2 heterocycles. The number of amides is 2. The molecule has 0 radical (unpaired) electrons. The van der Waals surface area contributed by atoms with Gasteiger partial charge < -0.3 is 29.4 Å². The fraction of sp³-hybridized carbons (Fsp3) is 0.375. The Balaban J connectivity index is 1.57. The molecular weight excluding hydrogens is 426 g/mol. The lowest BCUT2D eigenvalue weighted by molar-refractivity contribution is 0.249. The zero-order chi connectivity index (χ0) is 22.7. The van der Waals surface area contributed by atoms with E-state index in [-0.39, 0.29) is 12.1 Å². The average molecular weight is 456 g/mol. The second-order valence-electron chi connectivity index (χ2n) is 7.75. The standard InChI is InChI=1S/C24H29N3O4S/c1-15(21-17-9-5-6-10-20(17)32-23(21)27-11-7-8-12-27)25-24(28)26-16-13-18(29-2)22(31-4)19(14-16)30-3/h7-8,11-15H,5-6,9-10H2,1-4H3,(H2,25,26,28). The minimum Gasteiger partial charge on any atom is -0.493 e. The number of anilines is 1. The van der Waals surface area contributed by atoms with Gasteiger partial charge in [0.25, 0.3) is 0 Å². The summed E-state index contributed by atoms with van der Waals surface area (Å²) in [6, 6.07) is 7.04. The molecule has 0 saturated heterocycles. The molecule has 0 fully saturated rings. The smallest absolute Gasteiger partial charge is 0.319 e. The van der Waals surface area contributed by atoms with Crippen LogP contribution >= 0.6 is 11.3 Å². The summed E-state index contributed by atoms with van der Waals surface area (Å²) in [7, 11) is 4.64. The number of carbonyl (C=O) groups is 1. The summed E-state index contributed by atoms with van der Waals surface area (Å²) in [4.78, 5) is 14.3. The SMILES string of the molecule is COc1cc(NC(=O)NC(C)c2c(-n3cccc3)sc3c2CCCC3)cc(OC)c1OC. The summed E-state index contributed by atoms with van der Waals surface area (Å²) in [5, 5.41) is 7.20. The first-order valence-electron chi connectivity index (χ1n) is 10.7. The minimum atomic E-state index is -0.291. The van der Waals surface area contributed by atoms with Crippen molar-refractivity contribution in [2.45, 2.75) is 38.6 Å². The number of carbonyl (C=O) groups excluding carboxylic acids is 1. The minimum absolute atomic E-state index is 0.146. The molecule has 1 unspecified atom stereocenters. The first-order chi connectivity index (χ1) is 15.5. The third-order valence-corrected chi connectivity index (χ3v) is 7.06. The molecule has 1 aromatic carbocycles. The summed E-state index contributed by atoms with van der Waals surface area (Å²) >= 11 is 1.84. The van der Waals surface area contributed by atoms with E-state index in [1.54, 1.807) is 33.5 Å². The van der Waals surface area contributed by atoms with Gasteiger partial charge >= 0.3 is 6.03 Å². The largest absolute Gasteiger partial charge is 0.493 e. The van der Waals surface area contributed by atoms with E-state index in [4.69, 9.17) is 14.2 Å². The van der Waals surface area contributed by atoms with Crippen LogP contribution in [0.3, 0.4) is 0 Å². The molecule has 2 N–H and O–H groups in total.